The SMILES string of the molecule is CC(C)(C)OC(=O)N1CCN(CCNC(=O)NCc2ccccc2)CC1. The van der Waals surface area contributed by atoms with E-state index < -0.39 is 5.60 Å². The molecule has 0 aliphatic carbocycles. The third kappa shape index (κ3) is 7.31. The number of amides is 3. The second kappa shape index (κ2) is 9.43. The molecule has 0 aromatic heterocycles. The summed E-state index contributed by atoms with van der Waals surface area (Å²) in [6.07, 6.45) is -0.254. The summed E-state index contributed by atoms with van der Waals surface area (Å²) in [6, 6.07) is 9.64. The number of carbonyl (C=O) groups is 2. The van der Waals surface area contributed by atoms with Crippen LogP contribution in [0.25, 0.3) is 0 Å². The number of piperazine rings is 1. The molecule has 1 aliphatic heterocycles. The van der Waals surface area contributed by atoms with Crippen molar-refractivity contribution in [3.63, 3.8) is 0 Å². The molecular formula is C19H30N4O3. The van der Waals surface area contributed by atoms with Crippen molar-refractivity contribution in [1.82, 2.24) is 20.4 Å². The average molecular weight is 362 g/mol. The number of hydrogen-bond donors (Lipinski definition) is 2. The number of rotatable bonds is 5. The van der Waals surface area contributed by atoms with Crippen molar-refractivity contribution >= 4 is 12.1 Å². The Hall–Kier alpha value is -2.28. The third-order valence-corrected chi connectivity index (χ3v) is 4.03. The van der Waals surface area contributed by atoms with Crippen LogP contribution in [0.3, 0.4) is 0 Å². The minimum atomic E-state index is -0.467. The summed E-state index contributed by atoms with van der Waals surface area (Å²) in [5, 5.41) is 5.71. The molecule has 2 rings (SSSR count). The van der Waals surface area contributed by atoms with E-state index in [9.17, 15) is 9.59 Å². The largest absolute Gasteiger partial charge is 0.444 e. The lowest BCUT2D eigenvalue weighted by molar-refractivity contribution is 0.0147. The Kier molecular flexibility index (Phi) is 7.26. The zero-order valence-electron chi connectivity index (χ0n) is 16.0. The van der Waals surface area contributed by atoms with Crippen molar-refractivity contribution in [2.24, 2.45) is 0 Å². The van der Waals surface area contributed by atoms with Gasteiger partial charge in [0.25, 0.3) is 0 Å². The highest BCUT2D eigenvalue weighted by molar-refractivity contribution is 5.73. The van der Waals surface area contributed by atoms with Gasteiger partial charge in [-0.25, -0.2) is 9.59 Å². The van der Waals surface area contributed by atoms with Crippen LogP contribution in [0, 0.1) is 0 Å². The van der Waals surface area contributed by atoms with E-state index in [1.807, 2.05) is 51.1 Å². The van der Waals surface area contributed by atoms with Crippen molar-refractivity contribution in [3.8, 4) is 0 Å². The lowest BCUT2D eigenvalue weighted by atomic mass is 10.2. The van der Waals surface area contributed by atoms with Gasteiger partial charge in [-0.15, -0.1) is 0 Å². The zero-order chi connectivity index (χ0) is 19.0. The van der Waals surface area contributed by atoms with E-state index >= 15 is 0 Å². The van der Waals surface area contributed by atoms with E-state index in [0.717, 1.165) is 25.2 Å². The van der Waals surface area contributed by atoms with E-state index in [0.29, 0.717) is 26.2 Å². The minimum absolute atomic E-state index is 0.166. The Morgan fingerprint density at radius 3 is 2.31 bits per heavy atom. The molecule has 0 unspecified atom stereocenters. The molecule has 0 atom stereocenters. The normalized spacial score (nSPS) is 15.4. The lowest BCUT2D eigenvalue weighted by Gasteiger charge is -2.35. The summed E-state index contributed by atoms with van der Waals surface area (Å²) < 4.78 is 5.39. The number of benzene rings is 1. The van der Waals surface area contributed by atoms with Gasteiger partial charge in [-0.05, 0) is 26.3 Å². The Balaban J connectivity index is 1.58. The molecule has 1 aromatic rings. The van der Waals surface area contributed by atoms with Gasteiger partial charge in [0.05, 0.1) is 0 Å². The fourth-order valence-electron chi connectivity index (χ4n) is 2.65. The first-order chi connectivity index (χ1) is 12.3. The molecule has 1 saturated heterocycles. The summed E-state index contributed by atoms with van der Waals surface area (Å²) in [5.74, 6) is 0. The maximum absolute atomic E-state index is 12.0. The van der Waals surface area contributed by atoms with E-state index in [1.54, 1.807) is 4.90 Å². The Bertz CT molecular complexity index is 578. The first-order valence-corrected chi connectivity index (χ1v) is 9.09. The fourth-order valence-corrected chi connectivity index (χ4v) is 2.65. The van der Waals surface area contributed by atoms with Gasteiger partial charge in [-0.1, -0.05) is 30.3 Å². The van der Waals surface area contributed by atoms with Crippen LogP contribution in [-0.2, 0) is 11.3 Å². The molecule has 3 amide bonds. The van der Waals surface area contributed by atoms with Crippen LogP contribution < -0.4 is 10.6 Å². The maximum Gasteiger partial charge on any atom is 0.410 e. The van der Waals surface area contributed by atoms with Gasteiger partial charge in [0.2, 0.25) is 0 Å². The first kappa shape index (κ1) is 20.0. The van der Waals surface area contributed by atoms with Gasteiger partial charge >= 0.3 is 12.1 Å². The molecular weight excluding hydrogens is 332 g/mol. The van der Waals surface area contributed by atoms with Crippen LogP contribution in [0.1, 0.15) is 26.3 Å². The van der Waals surface area contributed by atoms with E-state index in [1.165, 1.54) is 0 Å². The van der Waals surface area contributed by atoms with Crippen molar-refractivity contribution in [3.05, 3.63) is 35.9 Å². The van der Waals surface area contributed by atoms with E-state index in [-0.39, 0.29) is 12.1 Å². The number of hydrogen-bond acceptors (Lipinski definition) is 4. The topological polar surface area (TPSA) is 73.9 Å². The molecule has 0 radical (unpaired) electrons. The summed E-state index contributed by atoms with van der Waals surface area (Å²) in [5.41, 5.74) is 0.603. The lowest BCUT2D eigenvalue weighted by Crippen LogP contribution is -2.51. The highest BCUT2D eigenvalue weighted by Crippen LogP contribution is 2.11. The Labute approximate surface area is 155 Å². The smallest absolute Gasteiger partial charge is 0.410 e. The van der Waals surface area contributed by atoms with Gasteiger partial charge in [-0.3, -0.25) is 4.90 Å². The van der Waals surface area contributed by atoms with Crippen molar-refractivity contribution in [2.45, 2.75) is 32.9 Å². The molecule has 2 N–H and O–H groups in total. The predicted molar refractivity (Wildman–Crippen MR) is 101 cm³/mol. The summed E-state index contributed by atoms with van der Waals surface area (Å²) in [7, 11) is 0. The molecule has 26 heavy (non-hydrogen) atoms. The standard InChI is InChI=1S/C19H30N4O3/c1-19(2,3)26-18(25)23-13-11-22(12-14-23)10-9-20-17(24)21-15-16-7-5-4-6-8-16/h4-8H,9-15H2,1-3H3,(H2,20,21,24). The molecule has 0 saturated carbocycles. The predicted octanol–water partition coefficient (Wildman–Crippen LogP) is 2.04. The van der Waals surface area contributed by atoms with Crippen LogP contribution >= 0.6 is 0 Å². The highest BCUT2D eigenvalue weighted by Gasteiger charge is 2.25. The van der Waals surface area contributed by atoms with Crippen molar-refractivity contribution in [1.29, 1.82) is 0 Å². The monoisotopic (exact) mass is 362 g/mol. The van der Waals surface area contributed by atoms with Crippen molar-refractivity contribution in [2.75, 3.05) is 39.3 Å². The van der Waals surface area contributed by atoms with Crippen molar-refractivity contribution < 1.29 is 14.3 Å². The van der Waals surface area contributed by atoms with Gasteiger partial charge < -0.3 is 20.3 Å². The molecule has 1 heterocycles. The van der Waals surface area contributed by atoms with Crippen LogP contribution in [0.15, 0.2) is 30.3 Å². The van der Waals surface area contributed by atoms with Crippen LogP contribution in [-0.4, -0.2) is 66.8 Å². The molecule has 1 aliphatic rings. The van der Waals surface area contributed by atoms with E-state index in [4.69, 9.17) is 4.74 Å². The number of nitrogens with zero attached hydrogens (tertiary/aromatic N) is 2. The number of carbonyl (C=O) groups excluding carboxylic acids is 2. The molecule has 144 valence electrons. The Morgan fingerprint density at radius 2 is 1.69 bits per heavy atom. The quantitative estimate of drug-likeness (QED) is 0.841. The van der Waals surface area contributed by atoms with Gasteiger partial charge in [-0.2, -0.15) is 0 Å². The van der Waals surface area contributed by atoms with Crippen LogP contribution in [0.5, 0.6) is 0 Å². The second-order valence-corrected chi connectivity index (χ2v) is 7.40. The van der Waals surface area contributed by atoms with Crippen LogP contribution in [0.2, 0.25) is 0 Å². The molecule has 7 heteroatoms. The summed E-state index contributed by atoms with van der Waals surface area (Å²) in [6.45, 7) is 10.3. The second-order valence-electron chi connectivity index (χ2n) is 7.40. The van der Waals surface area contributed by atoms with Gasteiger partial charge in [0, 0.05) is 45.8 Å². The summed E-state index contributed by atoms with van der Waals surface area (Å²) in [4.78, 5) is 27.8. The van der Waals surface area contributed by atoms with E-state index in [2.05, 4.69) is 15.5 Å². The molecule has 7 nitrogen and oxygen atoms in total. The number of ether oxygens (including phenoxy) is 1. The van der Waals surface area contributed by atoms with Gasteiger partial charge in [0.1, 0.15) is 5.60 Å². The molecule has 1 fully saturated rings. The molecule has 0 spiro atoms. The molecule has 0 bridgehead atoms. The zero-order valence-corrected chi connectivity index (χ0v) is 16.0. The third-order valence-electron chi connectivity index (χ3n) is 4.03. The number of nitrogens with one attached hydrogen (secondary N) is 2. The fraction of sp³-hybridized carbons (Fsp3) is 0.579. The summed E-state index contributed by atoms with van der Waals surface area (Å²) >= 11 is 0. The van der Waals surface area contributed by atoms with Gasteiger partial charge in [0.15, 0.2) is 0 Å². The molecule has 1 aromatic carbocycles. The minimum Gasteiger partial charge on any atom is -0.444 e. The number of urea groups is 1. The maximum atomic E-state index is 12.0. The average Bonchev–Trinajstić information content (AvgIpc) is 2.60. The van der Waals surface area contributed by atoms with Crippen LogP contribution in [0.4, 0.5) is 9.59 Å². The highest BCUT2D eigenvalue weighted by atomic mass is 16.6. The Morgan fingerprint density at radius 1 is 1.04 bits per heavy atom. The first-order valence-electron chi connectivity index (χ1n) is 9.09.